The minimum absolute atomic E-state index is 0.0984. The fourth-order valence-electron chi connectivity index (χ4n) is 0.480. The lowest BCUT2D eigenvalue weighted by Crippen LogP contribution is -2.11. The molecule has 1 N–H and O–H groups in total. The lowest BCUT2D eigenvalue weighted by molar-refractivity contribution is 0.358. The largest absolute Gasteiger partial charge is 0.380 e. The van der Waals surface area contributed by atoms with Gasteiger partial charge in [0.2, 0.25) is 0 Å². The average Bonchev–Trinajstić information content (AvgIpc) is 1.85. The molecule has 0 fully saturated rings. The summed E-state index contributed by atoms with van der Waals surface area (Å²) in [6, 6.07) is 0. The van der Waals surface area contributed by atoms with Gasteiger partial charge in [0.05, 0.1) is 5.75 Å². The maximum Gasteiger partial charge on any atom is 0.173 e. The zero-order chi connectivity index (χ0) is 8.20. The average molecular weight is 166 g/mol. The Bertz CT molecular complexity index is 169. The van der Waals surface area contributed by atoms with Gasteiger partial charge in [-0.3, -0.25) is 0 Å². The van der Waals surface area contributed by atoms with Gasteiger partial charge in [-0.2, -0.15) is 0 Å². The lowest BCUT2D eigenvalue weighted by atomic mass is 10.2. The molecule has 0 aliphatic carbocycles. The maximum atomic E-state index is 10.7. The monoisotopic (exact) mass is 166 g/mol. The van der Waals surface area contributed by atoms with Crippen molar-refractivity contribution in [2.24, 2.45) is 5.92 Å². The smallest absolute Gasteiger partial charge is 0.173 e. The zero-order valence-electron chi connectivity index (χ0n) is 6.37. The molecule has 0 saturated carbocycles. The second kappa shape index (κ2) is 3.93. The second-order valence-corrected chi connectivity index (χ2v) is 4.91. The van der Waals surface area contributed by atoms with Crippen LogP contribution in [0.1, 0.15) is 20.3 Å². The van der Waals surface area contributed by atoms with E-state index in [1.54, 1.807) is 0 Å². The normalized spacial score (nSPS) is 12.4. The summed E-state index contributed by atoms with van der Waals surface area (Å²) in [6.07, 6.45) is 0.628. The molecular formula is C6H14O3S. The van der Waals surface area contributed by atoms with Crippen LogP contribution >= 0.6 is 0 Å². The van der Waals surface area contributed by atoms with Crippen LogP contribution in [0, 0.1) is 5.92 Å². The van der Waals surface area contributed by atoms with Crippen LogP contribution in [0.15, 0.2) is 0 Å². The lowest BCUT2D eigenvalue weighted by Gasteiger charge is -2.02. The number of hydrogen-bond donors (Lipinski definition) is 1. The van der Waals surface area contributed by atoms with E-state index < -0.39 is 15.8 Å². The van der Waals surface area contributed by atoms with Crippen molar-refractivity contribution in [3.05, 3.63) is 0 Å². The Morgan fingerprint density at radius 3 is 2.20 bits per heavy atom. The van der Waals surface area contributed by atoms with Crippen molar-refractivity contribution in [3.8, 4) is 0 Å². The third-order valence-corrected chi connectivity index (χ3v) is 2.45. The van der Waals surface area contributed by atoms with Gasteiger partial charge in [-0.1, -0.05) is 13.8 Å². The number of aliphatic hydroxyl groups excluding tert-OH is 1. The molecule has 0 saturated heterocycles. The van der Waals surface area contributed by atoms with Crippen LogP contribution in [0.3, 0.4) is 0 Å². The third kappa shape index (κ3) is 4.76. The van der Waals surface area contributed by atoms with Crippen LogP contribution in [-0.4, -0.2) is 25.2 Å². The van der Waals surface area contributed by atoms with E-state index in [-0.39, 0.29) is 5.75 Å². The highest BCUT2D eigenvalue weighted by molar-refractivity contribution is 7.91. The van der Waals surface area contributed by atoms with Gasteiger partial charge in [0.1, 0.15) is 5.94 Å². The standard InChI is InChI=1S/C6H14O3S/c1-6(2)3-4-10(8,9)5-7/h6-7H,3-5H2,1-2H3. The first-order chi connectivity index (χ1) is 4.48. The van der Waals surface area contributed by atoms with Gasteiger partial charge in [0, 0.05) is 0 Å². The predicted octanol–water partition coefficient (Wildman–Crippen LogP) is 0.397. The van der Waals surface area contributed by atoms with E-state index in [4.69, 9.17) is 5.11 Å². The summed E-state index contributed by atoms with van der Waals surface area (Å²) in [5.41, 5.74) is 0. The molecule has 3 nitrogen and oxygen atoms in total. The fraction of sp³-hybridized carbons (Fsp3) is 1.00. The first-order valence-corrected chi connectivity index (χ1v) is 5.11. The van der Waals surface area contributed by atoms with E-state index in [0.29, 0.717) is 12.3 Å². The van der Waals surface area contributed by atoms with Crippen molar-refractivity contribution in [2.45, 2.75) is 20.3 Å². The van der Waals surface area contributed by atoms with E-state index >= 15 is 0 Å². The molecule has 0 atom stereocenters. The van der Waals surface area contributed by atoms with Crippen molar-refractivity contribution in [2.75, 3.05) is 11.7 Å². The van der Waals surface area contributed by atoms with Gasteiger partial charge in [0.25, 0.3) is 0 Å². The van der Waals surface area contributed by atoms with Gasteiger partial charge in [-0.25, -0.2) is 8.42 Å². The van der Waals surface area contributed by atoms with Gasteiger partial charge in [0.15, 0.2) is 9.84 Å². The highest BCUT2D eigenvalue weighted by Gasteiger charge is 2.08. The van der Waals surface area contributed by atoms with E-state index in [2.05, 4.69) is 0 Å². The maximum absolute atomic E-state index is 10.7. The van der Waals surface area contributed by atoms with Crippen LogP contribution in [0.4, 0.5) is 0 Å². The highest BCUT2D eigenvalue weighted by atomic mass is 32.2. The topological polar surface area (TPSA) is 54.4 Å². The SMILES string of the molecule is CC(C)CCS(=O)(=O)CO. The summed E-state index contributed by atoms with van der Waals surface area (Å²) in [4.78, 5) is 0. The summed E-state index contributed by atoms with van der Waals surface area (Å²) in [7, 11) is -3.16. The zero-order valence-corrected chi connectivity index (χ0v) is 7.19. The Morgan fingerprint density at radius 1 is 1.40 bits per heavy atom. The summed E-state index contributed by atoms with van der Waals surface area (Å²) < 4.78 is 21.3. The predicted molar refractivity (Wildman–Crippen MR) is 40.3 cm³/mol. The van der Waals surface area contributed by atoms with E-state index in [1.165, 1.54) is 0 Å². The molecule has 10 heavy (non-hydrogen) atoms. The van der Waals surface area contributed by atoms with Gasteiger partial charge in [-0.05, 0) is 12.3 Å². The van der Waals surface area contributed by atoms with E-state index in [1.807, 2.05) is 13.8 Å². The van der Waals surface area contributed by atoms with Crippen molar-refractivity contribution >= 4 is 9.84 Å². The van der Waals surface area contributed by atoms with Crippen LogP contribution in [0.25, 0.3) is 0 Å². The minimum atomic E-state index is -3.16. The van der Waals surface area contributed by atoms with Crippen LogP contribution in [0.5, 0.6) is 0 Å². The molecule has 0 aromatic rings. The summed E-state index contributed by atoms with van der Waals surface area (Å²) in [5, 5.41) is 8.32. The molecule has 0 heterocycles. The number of rotatable bonds is 4. The van der Waals surface area contributed by atoms with Gasteiger partial charge < -0.3 is 5.11 Å². The summed E-state index contributed by atoms with van der Waals surface area (Å²) in [6.45, 7) is 3.90. The van der Waals surface area contributed by atoms with Crippen molar-refractivity contribution < 1.29 is 13.5 Å². The fourth-order valence-corrected chi connectivity index (χ4v) is 1.44. The molecule has 0 bridgehead atoms. The third-order valence-electron chi connectivity index (χ3n) is 1.20. The summed E-state index contributed by atoms with van der Waals surface area (Å²) >= 11 is 0. The number of sulfone groups is 1. The first kappa shape index (κ1) is 9.91. The molecule has 0 aromatic carbocycles. The molecule has 0 aromatic heterocycles. The molecule has 0 amide bonds. The molecular weight excluding hydrogens is 152 g/mol. The Labute approximate surface area is 62.0 Å². The Balaban J connectivity index is 3.70. The van der Waals surface area contributed by atoms with Gasteiger partial charge in [-0.15, -0.1) is 0 Å². The first-order valence-electron chi connectivity index (χ1n) is 3.29. The molecule has 0 rings (SSSR count). The minimum Gasteiger partial charge on any atom is -0.380 e. The molecule has 4 heteroatoms. The summed E-state index contributed by atoms with van der Waals surface area (Å²) in [5.74, 6) is -0.248. The second-order valence-electron chi connectivity index (χ2n) is 2.76. The number of hydrogen-bond acceptors (Lipinski definition) is 3. The van der Waals surface area contributed by atoms with Crippen LogP contribution in [-0.2, 0) is 9.84 Å². The van der Waals surface area contributed by atoms with Crippen molar-refractivity contribution in [3.63, 3.8) is 0 Å². The number of aliphatic hydroxyl groups is 1. The molecule has 0 radical (unpaired) electrons. The van der Waals surface area contributed by atoms with Crippen LogP contribution in [0.2, 0.25) is 0 Å². The Kier molecular flexibility index (Phi) is 3.89. The highest BCUT2D eigenvalue weighted by Crippen LogP contribution is 2.02. The Morgan fingerprint density at radius 2 is 1.90 bits per heavy atom. The molecule has 0 aliphatic rings. The van der Waals surface area contributed by atoms with Gasteiger partial charge >= 0.3 is 0 Å². The molecule has 0 aliphatic heterocycles. The van der Waals surface area contributed by atoms with Crippen molar-refractivity contribution in [1.29, 1.82) is 0 Å². The molecule has 0 unspecified atom stereocenters. The van der Waals surface area contributed by atoms with E-state index in [9.17, 15) is 8.42 Å². The molecule has 0 spiro atoms. The molecule has 62 valence electrons. The van der Waals surface area contributed by atoms with E-state index in [0.717, 1.165) is 0 Å². The van der Waals surface area contributed by atoms with Crippen LogP contribution < -0.4 is 0 Å². The Hall–Kier alpha value is -0.0900. The quantitative estimate of drug-likeness (QED) is 0.657. The van der Waals surface area contributed by atoms with Crippen molar-refractivity contribution in [1.82, 2.24) is 0 Å².